The Bertz CT molecular complexity index is 7750. The lowest BCUT2D eigenvalue weighted by Gasteiger charge is -2.13. The summed E-state index contributed by atoms with van der Waals surface area (Å²) in [7, 11) is 9.95. The highest BCUT2D eigenvalue weighted by molar-refractivity contribution is 5.87. The Balaban J connectivity index is 0.747. The van der Waals surface area contributed by atoms with Crippen LogP contribution in [0.2, 0.25) is 0 Å². The second-order valence-electron chi connectivity index (χ2n) is 35.0. The fourth-order valence-electron chi connectivity index (χ4n) is 18.0. The average molecular weight is 1940 g/mol. The second-order valence-corrected chi connectivity index (χ2v) is 35.0. The van der Waals surface area contributed by atoms with E-state index in [4.69, 9.17) is 88.2 Å². The van der Waals surface area contributed by atoms with Gasteiger partial charge in [0.2, 0.25) is 0 Å². The predicted molar refractivity (Wildman–Crippen MR) is 594 cm³/mol. The van der Waals surface area contributed by atoms with Crippen LogP contribution >= 0.6 is 0 Å². The van der Waals surface area contributed by atoms with Gasteiger partial charge in [-0.15, -0.1) is 0 Å². The van der Waals surface area contributed by atoms with Gasteiger partial charge in [-0.1, -0.05) is 163 Å². The van der Waals surface area contributed by atoms with Gasteiger partial charge in [0.25, 0.3) is 0 Å². The molecule has 0 atom stereocenters. The second kappa shape index (κ2) is 43.3. The van der Waals surface area contributed by atoms with E-state index in [1.165, 1.54) is 0 Å². The van der Waals surface area contributed by atoms with E-state index in [9.17, 15) is 0 Å². The molecule has 0 saturated carbocycles. The van der Waals surface area contributed by atoms with Crippen molar-refractivity contribution in [2.45, 2.75) is 0 Å². The first kappa shape index (κ1) is 94.4. The van der Waals surface area contributed by atoms with E-state index >= 15 is 0 Å². The minimum absolute atomic E-state index is 0.575. The fraction of sp³-hybridized carbons (Fsp3) is 0.0455. The quantitative estimate of drug-likeness (QED) is 0.0515. The molecule has 0 saturated heterocycles. The molecule has 0 aliphatic rings. The van der Waals surface area contributed by atoms with Gasteiger partial charge >= 0.3 is 0 Å². The number of benzene rings is 10. The molecule has 0 bridgehead atoms. The highest BCUT2D eigenvalue weighted by Gasteiger charge is 2.23. The van der Waals surface area contributed by atoms with Crippen LogP contribution in [0.3, 0.4) is 0 Å². The first-order valence-electron chi connectivity index (χ1n) is 48.6. The molecule has 0 unspecified atom stereocenters. The van der Waals surface area contributed by atoms with Gasteiger partial charge in [0.1, 0.15) is 34.5 Å². The van der Waals surface area contributed by atoms with Crippen molar-refractivity contribution in [2.24, 2.45) is 0 Å². The zero-order chi connectivity index (χ0) is 102. The molecule has 0 N–H and O–H groups in total. The Hall–Kier alpha value is -20.5. The molecule has 0 spiro atoms. The average Bonchev–Trinajstić information content (AvgIpc) is 0.792. The number of pyridine rings is 12. The first-order valence-corrected chi connectivity index (χ1v) is 48.6. The molecule has 12 aromatic heterocycles. The molecule has 22 aromatic rings. The van der Waals surface area contributed by atoms with Crippen LogP contribution in [-0.4, -0.2) is 102 Å². The third kappa shape index (κ3) is 20.9. The number of rotatable bonds is 24. The lowest BCUT2D eigenvalue weighted by atomic mass is 9.94. The third-order valence-electron chi connectivity index (χ3n) is 25.7. The molecule has 10 aromatic carbocycles. The van der Waals surface area contributed by atoms with E-state index in [0.29, 0.717) is 136 Å². The van der Waals surface area contributed by atoms with Crippen LogP contribution in [0, 0.1) is 35.5 Å². The lowest BCUT2D eigenvalue weighted by Crippen LogP contribution is -1.97. The summed E-state index contributed by atoms with van der Waals surface area (Å²) < 4.78 is 33.3. The molecular formula is C132H90N12O6. The largest absolute Gasteiger partial charge is 0.497 e. The Morgan fingerprint density at radius 2 is 0.247 bits per heavy atom. The summed E-state index contributed by atoms with van der Waals surface area (Å²) in [6.07, 6.45) is 0. The van der Waals surface area contributed by atoms with Gasteiger partial charge in [-0.05, 0) is 309 Å². The van der Waals surface area contributed by atoms with E-state index in [1.54, 1.807) is 42.7 Å². The van der Waals surface area contributed by atoms with Gasteiger partial charge in [-0.25, -0.2) is 59.8 Å². The number of hydrogen-bond acceptors (Lipinski definition) is 18. The molecule has 18 heteroatoms. The van der Waals surface area contributed by atoms with Crippen LogP contribution in [0.1, 0.15) is 33.4 Å². The molecule has 22 rings (SSSR count). The summed E-state index contributed by atoms with van der Waals surface area (Å²) in [5.74, 6) is 27.2. The van der Waals surface area contributed by atoms with Crippen molar-refractivity contribution in [2.75, 3.05) is 42.7 Å². The Morgan fingerprint density at radius 1 is 0.127 bits per heavy atom. The lowest BCUT2D eigenvalue weighted by molar-refractivity contribution is 0.415. The molecule has 18 nitrogen and oxygen atoms in total. The minimum atomic E-state index is 0.575. The van der Waals surface area contributed by atoms with Gasteiger partial charge < -0.3 is 28.4 Å². The van der Waals surface area contributed by atoms with Crippen LogP contribution in [0.25, 0.3) is 203 Å². The number of hydrogen-bond donors (Lipinski definition) is 0. The Labute approximate surface area is 868 Å². The van der Waals surface area contributed by atoms with E-state index in [1.807, 2.05) is 400 Å². The monoisotopic (exact) mass is 1940 g/mol. The molecule has 12 heterocycles. The molecule has 150 heavy (non-hydrogen) atoms. The summed E-state index contributed by atoms with van der Waals surface area (Å²) in [6.45, 7) is 0. The maximum atomic E-state index is 5.55. The van der Waals surface area contributed by atoms with Crippen LogP contribution in [0.15, 0.2) is 437 Å². The molecular weight excluding hydrogens is 1850 g/mol. The Kier molecular flexibility index (Phi) is 27.3. The van der Waals surface area contributed by atoms with Crippen molar-refractivity contribution in [3.05, 3.63) is 470 Å². The van der Waals surface area contributed by atoms with Gasteiger partial charge in [-0.3, -0.25) is 0 Å². The molecule has 0 aliphatic heterocycles. The van der Waals surface area contributed by atoms with Crippen LogP contribution in [0.4, 0.5) is 0 Å². The van der Waals surface area contributed by atoms with Crippen molar-refractivity contribution in [1.29, 1.82) is 0 Å². The van der Waals surface area contributed by atoms with Crippen molar-refractivity contribution >= 4 is 0 Å². The number of ether oxygens (including phenoxy) is 6. The highest BCUT2D eigenvalue weighted by Crippen LogP contribution is 2.41. The maximum absolute atomic E-state index is 5.55. The normalized spacial score (nSPS) is 10.8. The van der Waals surface area contributed by atoms with Crippen molar-refractivity contribution in [1.82, 2.24) is 59.8 Å². The van der Waals surface area contributed by atoms with Gasteiger partial charge in [-0.2, -0.15) is 0 Å². The van der Waals surface area contributed by atoms with Crippen LogP contribution < -0.4 is 28.4 Å². The third-order valence-corrected chi connectivity index (χ3v) is 25.7. The summed E-state index contributed by atoms with van der Waals surface area (Å²) >= 11 is 0. The standard InChI is InChI=1S/C132H90N12O6/c1-145-94-67-55-88(56-68-94)109-28-10-40-121(133-109)127-46-16-34-115(139-127)103-22-7-23-104(116-35-17-47-128(140-116)122-41-11-29-110(134-122)89-57-69-95(146-2)70-58-89)100(103)79-52-85-82-86(53-80-101-105(117-36-18-48-129(141-117)123-42-12-30-111(135-123)90-59-71-96(147-3)72-60-90)24-8-25-106(101)118-37-19-49-130(142-118)124-43-13-31-112(136-124)91-61-73-97(148-4)74-62-91)84-87(83-85)54-81-102-107(119-38-20-50-131(143-119)125-44-14-32-113(137-125)92-63-75-98(149-5)76-64-92)26-9-27-108(102)120-39-21-51-132(144-120)126-45-15-33-114(138-126)93-65-77-99(150-6)78-66-93/h7-51,55-78,82-84H,1-6H3. The molecule has 0 amide bonds. The van der Waals surface area contributed by atoms with E-state index in [0.717, 1.165) is 135 Å². The number of nitrogens with zero attached hydrogens (tertiary/aromatic N) is 12. The number of aromatic nitrogens is 12. The zero-order valence-electron chi connectivity index (χ0n) is 82.4. The van der Waals surface area contributed by atoms with Crippen molar-refractivity contribution in [3.63, 3.8) is 0 Å². The summed E-state index contributed by atoms with van der Waals surface area (Å²) in [5.41, 5.74) is 30.1. The first-order chi connectivity index (χ1) is 73.9. The maximum Gasteiger partial charge on any atom is 0.118 e. The van der Waals surface area contributed by atoms with Crippen LogP contribution in [-0.2, 0) is 0 Å². The topological polar surface area (TPSA) is 210 Å². The SMILES string of the molecule is COc1ccc(-c2cccc(-c3cccc(-c4cccc(-c5cccc(-c6cccc(-c7ccc(OC)cc7)n6)n5)c4C#Cc4cc(C#Cc5c(-c6cccc(-c7cccc(-c8ccc(OC)cc8)n7)n6)cccc5-c5cccc(-c6cccc(-c7ccc(OC)cc7)n6)n5)cc(C#Cc5c(-c6cccc(-c7cccc(-c8ccc(OC)cc8)n7)n6)cccc5-c5cccc(-c6cccc(-c7ccc(OC)cc7)n6)n5)c4)n3)n2)cc1. The smallest absolute Gasteiger partial charge is 0.118 e. The fourth-order valence-corrected chi connectivity index (χ4v) is 18.0. The summed E-state index contributed by atoms with van der Waals surface area (Å²) in [4.78, 5) is 64.2. The zero-order valence-corrected chi connectivity index (χ0v) is 82.4. The molecule has 0 radical (unpaired) electrons. The molecule has 0 fully saturated rings. The van der Waals surface area contributed by atoms with Crippen molar-refractivity contribution < 1.29 is 28.4 Å². The van der Waals surface area contributed by atoms with Crippen molar-refractivity contribution in [3.8, 4) is 273 Å². The van der Waals surface area contributed by atoms with Crippen LogP contribution in [0.5, 0.6) is 34.5 Å². The van der Waals surface area contributed by atoms with E-state index in [-0.39, 0.29) is 0 Å². The van der Waals surface area contributed by atoms with E-state index in [2.05, 4.69) is 71.9 Å². The number of methoxy groups -OCH3 is 6. The summed E-state index contributed by atoms with van der Waals surface area (Å²) in [5, 5.41) is 0. The van der Waals surface area contributed by atoms with Gasteiger partial charge in [0.15, 0.2) is 0 Å². The minimum Gasteiger partial charge on any atom is -0.497 e. The summed E-state index contributed by atoms with van der Waals surface area (Å²) in [6, 6.07) is 143. The predicted octanol–water partition coefficient (Wildman–Crippen LogP) is 28.7. The van der Waals surface area contributed by atoms with Gasteiger partial charge in [0.05, 0.1) is 179 Å². The Morgan fingerprint density at radius 3 is 0.387 bits per heavy atom. The molecule has 0 aliphatic carbocycles. The molecule has 714 valence electrons. The highest BCUT2D eigenvalue weighted by atomic mass is 16.5. The van der Waals surface area contributed by atoms with E-state index < -0.39 is 0 Å². The van der Waals surface area contributed by atoms with Gasteiger partial charge in [0, 0.05) is 100 Å².